The third-order valence-electron chi connectivity index (χ3n) is 2.30. The number of rotatable bonds is 4. The van der Waals surface area contributed by atoms with Gasteiger partial charge in [-0.25, -0.2) is 17.5 Å². The van der Waals surface area contributed by atoms with Gasteiger partial charge in [0.25, 0.3) is 0 Å². The van der Waals surface area contributed by atoms with Gasteiger partial charge >= 0.3 is 0 Å². The minimum Gasteiger partial charge on any atom is -0.396 e. The Morgan fingerprint density at radius 2 is 2.20 bits per heavy atom. The van der Waals surface area contributed by atoms with Crippen LogP contribution in [-0.2, 0) is 16.6 Å². The smallest absolute Gasteiger partial charge is 0.244 e. The number of nitrogen functional groups attached to an aromatic ring is 1. The zero-order chi connectivity index (χ0) is 14.9. The lowest BCUT2D eigenvalue weighted by molar-refractivity contribution is 0.372. The molecule has 0 aliphatic rings. The van der Waals surface area contributed by atoms with Crippen LogP contribution in [0.2, 0.25) is 5.02 Å². The molecule has 2 aromatic rings. The van der Waals surface area contributed by atoms with Crippen LogP contribution in [-0.4, -0.2) is 18.6 Å². The molecule has 0 radical (unpaired) electrons. The summed E-state index contributed by atoms with van der Waals surface area (Å²) in [5.41, 5.74) is 4.98. The van der Waals surface area contributed by atoms with Crippen molar-refractivity contribution in [2.45, 2.75) is 18.4 Å². The second-order valence-electron chi connectivity index (χ2n) is 3.87. The highest BCUT2D eigenvalue weighted by Gasteiger charge is 2.22. The molecular formula is C10H10ClFN4O3S. The predicted molar refractivity (Wildman–Crippen MR) is 68.9 cm³/mol. The maximum atomic E-state index is 13.8. The molecule has 0 amide bonds. The number of anilines is 1. The fourth-order valence-corrected chi connectivity index (χ4v) is 2.82. The third kappa shape index (κ3) is 3.06. The van der Waals surface area contributed by atoms with Crippen molar-refractivity contribution in [2.75, 3.05) is 5.73 Å². The Morgan fingerprint density at radius 1 is 1.50 bits per heavy atom. The Morgan fingerprint density at radius 3 is 2.80 bits per heavy atom. The molecule has 0 aliphatic heterocycles. The summed E-state index contributed by atoms with van der Waals surface area (Å²) < 4.78 is 44.6. The maximum absolute atomic E-state index is 13.8. The summed E-state index contributed by atoms with van der Waals surface area (Å²) in [6.45, 7) is 1.31. The highest BCUT2D eigenvalue weighted by Crippen LogP contribution is 2.25. The molecule has 2 rings (SSSR count). The molecule has 0 fully saturated rings. The van der Waals surface area contributed by atoms with Crippen molar-refractivity contribution in [1.29, 1.82) is 0 Å². The first kappa shape index (κ1) is 14.7. The van der Waals surface area contributed by atoms with Crippen molar-refractivity contribution in [3.05, 3.63) is 34.7 Å². The number of nitrogens with zero attached hydrogens (tertiary/aromatic N) is 2. The molecular weight excluding hydrogens is 311 g/mol. The average molecular weight is 321 g/mol. The van der Waals surface area contributed by atoms with Crippen molar-refractivity contribution in [1.82, 2.24) is 14.9 Å². The van der Waals surface area contributed by atoms with Crippen LogP contribution in [0.3, 0.4) is 0 Å². The Bertz CT molecular complexity index is 747. The summed E-state index contributed by atoms with van der Waals surface area (Å²) >= 11 is 5.67. The van der Waals surface area contributed by atoms with Gasteiger partial charge in [-0.1, -0.05) is 16.8 Å². The second-order valence-corrected chi connectivity index (χ2v) is 6.04. The lowest BCUT2D eigenvalue weighted by Gasteiger charge is -2.08. The average Bonchev–Trinajstić information content (AvgIpc) is 2.77. The molecule has 0 aliphatic carbocycles. The second kappa shape index (κ2) is 5.35. The minimum atomic E-state index is -4.14. The molecule has 10 heteroatoms. The topological polar surface area (TPSA) is 111 Å². The Balaban J connectivity index is 2.27. The Kier molecular flexibility index (Phi) is 3.93. The van der Waals surface area contributed by atoms with Crippen molar-refractivity contribution >= 4 is 27.3 Å². The summed E-state index contributed by atoms with van der Waals surface area (Å²) in [5.74, 6) is -0.650. The van der Waals surface area contributed by atoms with Gasteiger partial charge in [-0.2, -0.15) is 4.98 Å². The molecule has 3 N–H and O–H groups in total. The summed E-state index contributed by atoms with van der Waals surface area (Å²) in [5, 5.41) is 3.51. The molecule has 1 heterocycles. The highest BCUT2D eigenvalue weighted by atomic mass is 35.5. The van der Waals surface area contributed by atoms with Crippen LogP contribution in [0, 0.1) is 12.7 Å². The van der Waals surface area contributed by atoms with Crippen LogP contribution in [0.25, 0.3) is 0 Å². The largest absolute Gasteiger partial charge is 0.396 e. The van der Waals surface area contributed by atoms with Crippen molar-refractivity contribution in [3.8, 4) is 0 Å². The SMILES string of the molecule is Cc1noc(CNS(=O)(=O)c2cc(Cl)cc(N)c2F)n1. The minimum absolute atomic E-state index is 0.0120. The van der Waals surface area contributed by atoms with Crippen LogP contribution in [0.1, 0.15) is 11.7 Å². The number of halogens is 2. The fraction of sp³-hybridized carbons (Fsp3) is 0.200. The molecule has 0 bridgehead atoms. The first-order chi connectivity index (χ1) is 9.29. The quantitative estimate of drug-likeness (QED) is 0.820. The van der Waals surface area contributed by atoms with Crippen LogP contribution in [0.4, 0.5) is 10.1 Å². The van der Waals surface area contributed by atoms with Gasteiger partial charge in [0.05, 0.1) is 12.2 Å². The molecule has 0 unspecified atom stereocenters. The predicted octanol–water partition coefficient (Wildman–Crippen LogP) is 1.23. The van der Waals surface area contributed by atoms with Gasteiger partial charge in [0.15, 0.2) is 11.6 Å². The Hall–Kier alpha value is -1.71. The van der Waals surface area contributed by atoms with Crippen LogP contribution in [0.15, 0.2) is 21.6 Å². The number of nitrogens with two attached hydrogens (primary N) is 1. The first-order valence-electron chi connectivity index (χ1n) is 5.33. The fourth-order valence-electron chi connectivity index (χ4n) is 1.43. The van der Waals surface area contributed by atoms with E-state index in [0.717, 1.165) is 12.1 Å². The Labute approximate surface area is 119 Å². The molecule has 0 saturated carbocycles. The number of sulfonamides is 1. The van der Waals surface area contributed by atoms with E-state index in [2.05, 4.69) is 14.9 Å². The summed E-state index contributed by atoms with van der Waals surface area (Å²) in [6.07, 6.45) is 0. The molecule has 108 valence electrons. The van der Waals surface area contributed by atoms with Gasteiger partial charge in [-0.3, -0.25) is 0 Å². The zero-order valence-corrected chi connectivity index (χ0v) is 11.8. The van der Waals surface area contributed by atoms with Crippen molar-refractivity contribution in [2.24, 2.45) is 0 Å². The van der Waals surface area contributed by atoms with E-state index < -0.39 is 20.7 Å². The number of hydrogen-bond donors (Lipinski definition) is 2. The molecule has 0 spiro atoms. The van der Waals surface area contributed by atoms with E-state index in [1.54, 1.807) is 6.92 Å². The van der Waals surface area contributed by atoms with Crippen LogP contribution < -0.4 is 10.5 Å². The molecule has 1 aromatic heterocycles. The normalized spacial score (nSPS) is 11.8. The summed E-state index contributed by atoms with van der Waals surface area (Å²) in [7, 11) is -4.14. The van der Waals surface area contributed by atoms with Gasteiger partial charge in [-0.05, 0) is 19.1 Å². The van der Waals surface area contributed by atoms with Gasteiger partial charge in [0, 0.05) is 5.02 Å². The monoisotopic (exact) mass is 320 g/mol. The van der Waals surface area contributed by atoms with Crippen molar-refractivity contribution in [3.63, 3.8) is 0 Å². The maximum Gasteiger partial charge on any atom is 0.244 e. The molecule has 7 nitrogen and oxygen atoms in total. The number of benzene rings is 1. The van der Waals surface area contributed by atoms with E-state index in [-0.39, 0.29) is 23.1 Å². The lowest BCUT2D eigenvalue weighted by atomic mass is 10.3. The van der Waals surface area contributed by atoms with E-state index in [9.17, 15) is 12.8 Å². The lowest BCUT2D eigenvalue weighted by Crippen LogP contribution is -2.24. The van der Waals surface area contributed by atoms with Gasteiger partial charge < -0.3 is 10.3 Å². The zero-order valence-electron chi connectivity index (χ0n) is 10.2. The highest BCUT2D eigenvalue weighted by molar-refractivity contribution is 7.89. The van der Waals surface area contributed by atoms with Gasteiger partial charge in [-0.15, -0.1) is 0 Å². The number of hydrogen-bond acceptors (Lipinski definition) is 6. The van der Waals surface area contributed by atoms with Crippen molar-refractivity contribution < 1.29 is 17.3 Å². The standard InChI is InChI=1S/C10H10ClFN4O3S/c1-5-15-9(19-16-5)4-14-20(17,18)8-3-6(11)2-7(13)10(8)12/h2-3,14H,4,13H2,1H3. The molecule has 0 atom stereocenters. The van der Waals surface area contributed by atoms with Gasteiger partial charge in [0.1, 0.15) is 4.90 Å². The summed E-state index contributed by atoms with van der Waals surface area (Å²) in [4.78, 5) is 3.18. The number of aryl methyl sites for hydroxylation is 1. The molecule has 0 saturated heterocycles. The third-order valence-corrected chi connectivity index (χ3v) is 3.92. The van der Waals surface area contributed by atoms with Gasteiger partial charge in [0.2, 0.25) is 15.9 Å². The number of nitrogens with one attached hydrogen (secondary N) is 1. The van der Waals surface area contributed by atoms with E-state index in [1.807, 2.05) is 0 Å². The van der Waals surface area contributed by atoms with E-state index in [0.29, 0.717) is 5.82 Å². The van der Waals surface area contributed by atoms with E-state index in [1.165, 1.54) is 0 Å². The van der Waals surface area contributed by atoms with Crippen LogP contribution in [0.5, 0.6) is 0 Å². The van der Waals surface area contributed by atoms with Crippen LogP contribution >= 0.6 is 11.6 Å². The number of aromatic nitrogens is 2. The molecule has 1 aromatic carbocycles. The van der Waals surface area contributed by atoms with E-state index >= 15 is 0 Å². The first-order valence-corrected chi connectivity index (χ1v) is 7.19. The summed E-state index contributed by atoms with van der Waals surface area (Å²) in [6, 6.07) is 2.09. The molecule has 20 heavy (non-hydrogen) atoms. The van der Waals surface area contributed by atoms with E-state index in [4.69, 9.17) is 21.9 Å².